The molecule has 0 aliphatic carbocycles. The number of nitrogens with zero attached hydrogens (tertiary/aromatic N) is 5. The standard InChI is InChI=1S/C23H20FN5/c24-21-6-4-18(5-7-21)15-29(16-19-8-11-25-12-9-19)17-20-13-27-23(28-14-20)22-3-1-2-10-26-22/h1-14H,15-17H2. The molecule has 0 radical (unpaired) electrons. The van der Waals surface area contributed by atoms with Gasteiger partial charge >= 0.3 is 0 Å². The molecule has 0 bridgehead atoms. The van der Waals surface area contributed by atoms with Crippen LogP contribution >= 0.6 is 0 Å². The van der Waals surface area contributed by atoms with Gasteiger partial charge in [-0.15, -0.1) is 0 Å². The molecule has 0 unspecified atom stereocenters. The molecule has 3 heterocycles. The quantitative estimate of drug-likeness (QED) is 0.475. The summed E-state index contributed by atoms with van der Waals surface area (Å²) in [6.07, 6.45) is 8.97. The first-order valence-electron chi connectivity index (χ1n) is 9.34. The number of pyridine rings is 2. The zero-order valence-electron chi connectivity index (χ0n) is 15.8. The maximum atomic E-state index is 13.3. The molecule has 5 nitrogen and oxygen atoms in total. The Morgan fingerprint density at radius 3 is 1.97 bits per heavy atom. The Bertz CT molecular complexity index is 1020. The average molecular weight is 385 g/mol. The molecule has 4 aromatic rings. The first-order chi connectivity index (χ1) is 14.3. The molecule has 0 amide bonds. The van der Waals surface area contributed by atoms with E-state index in [0.717, 1.165) is 28.9 Å². The van der Waals surface area contributed by atoms with Gasteiger partial charge < -0.3 is 0 Å². The molecule has 3 aromatic heterocycles. The largest absolute Gasteiger partial charge is 0.290 e. The summed E-state index contributed by atoms with van der Waals surface area (Å²) in [5.41, 5.74) is 3.96. The van der Waals surface area contributed by atoms with Crippen LogP contribution in [0.3, 0.4) is 0 Å². The summed E-state index contributed by atoms with van der Waals surface area (Å²) in [6.45, 7) is 2.09. The number of aromatic nitrogens is 4. The van der Waals surface area contributed by atoms with Crippen molar-refractivity contribution >= 4 is 0 Å². The average Bonchev–Trinajstić information content (AvgIpc) is 2.77. The summed E-state index contributed by atoms with van der Waals surface area (Å²) < 4.78 is 13.3. The van der Waals surface area contributed by atoms with Crippen molar-refractivity contribution in [3.63, 3.8) is 0 Å². The van der Waals surface area contributed by atoms with Crippen LogP contribution < -0.4 is 0 Å². The van der Waals surface area contributed by atoms with E-state index in [0.29, 0.717) is 18.9 Å². The number of hydrogen-bond donors (Lipinski definition) is 0. The molecule has 0 N–H and O–H groups in total. The third-order valence-corrected chi connectivity index (χ3v) is 4.48. The van der Waals surface area contributed by atoms with Crippen LogP contribution in [-0.2, 0) is 19.6 Å². The Hall–Kier alpha value is -3.51. The van der Waals surface area contributed by atoms with E-state index in [1.165, 1.54) is 12.1 Å². The van der Waals surface area contributed by atoms with E-state index in [-0.39, 0.29) is 5.82 Å². The van der Waals surface area contributed by atoms with Crippen LogP contribution in [-0.4, -0.2) is 24.8 Å². The molecule has 0 atom stereocenters. The maximum Gasteiger partial charge on any atom is 0.178 e. The van der Waals surface area contributed by atoms with E-state index in [4.69, 9.17) is 0 Å². The SMILES string of the molecule is Fc1ccc(CN(Cc2ccncc2)Cc2cnc(-c3ccccn3)nc2)cc1. The summed E-state index contributed by atoms with van der Waals surface area (Å²) in [5.74, 6) is 0.376. The normalized spacial score (nSPS) is 11.0. The van der Waals surface area contributed by atoms with Crippen molar-refractivity contribution < 1.29 is 4.39 Å². The van der Waals surface area contributed by atoms with Gasteiger partial charge in [-0.1, -0.05) is 18.2 Å². The van der Waals surface area contributed by atoms with Crippen molar-refractivity contribution in [3.05, 3.63) is 108 Å². The van der Waals surface area contributed by atoms with Crippen molar-refractivity contribution in [2.24, 2.45) is 0 Å². The highest BCUT2D eigenvalue weighted by Gasteiger charge is 2.10. The smallest absolute Gasteiger partial charge is 0.178 e. The Morgan fingerprint density at radius 2 is 1.31 bits per heavy atom. The molecule has 0 aliphatic rings. The predicted octanol–water partition coefficient (Wildman–Crippen LogP) is 4.28. The third kappa shape index (κ3) is 5.27. The second kappa shape index (κ2) is 9.12. The van der Waals surface area contributed by atoms with Gasteiger partial charge in [0.15, 0.2) is 5.82 Å². The molecule has 29 heavy (non-hydrogen) atoms. The molecule has 0 aliphatic heterocycles. The summed E-state index contributed by atoms with van der Waals surface area (Å²) in [6, 6.07) is 16.3. The molecular weight excluding hydrogens is 365 g/mol. The monoisotopic (exact) mass is 385 g/mol. The summed E-state index contributed by atoms with van der Waals surface area (Å²) in [7, 11) is 0. The van der Waals surface area contributed by atoms with Gasteiger partial charge in [0.1, 0.15) is 11.5 Å². The fourth-order valence-corrected chi connectivity index (χ4v) is 3.08. The van der Waals surface area contributed by atoms with E-state index in [2.05, 4.69) is 24.8 Å². The lowest BCUT2D eigenvalue weighted by atomic mass is 10.1. The second-order valence-electron chi connectivity index (χ2n) is 6.76. The molecule has 0 spiro atoms. The van der Waals surface area contributed by atoms with Crippen LogP contribution in [0.15, 0.2) is 85.6 Å². The fraction of sp³-hybridized carbons (Fsp3) is 0.130. The molecule has 144 valence electrons. The lowest BCUT2D eigenvalue weighted by Crippen LogP contribution is -2.22. The van der Waals surface area contributed by atoms with Gasteiger partial charge in [0, 0.05) is 56.2 Å². The van der Waals surface area contributed by atoms with Crippen LogP contribution in [0, 0.1) is 5.82 Å². The minimum Gasteiger partial charge on any atom is -0.290 e. The number of benzene rings is 1. The molecule has 4 rings (SSSR count). The number of halogens is 1. The highest BCUT2D eigenvalue weighted by atomic mass is 19.1. The van der Waals surface area contributed by atoms with E-state index in [1.807, 2.05) is 54.9 Å². The highest BCUT2D eigenvalue weighted by Crippen LogP contribution is 2.15. The van der Waals surface area contributed by atoms with Crippen molar-refractivity contribution in [3.8, 4) is 11.5 Å². The highest BCUT2D eigenvalue weighted by molar-refractivity contribution is 5.47. The Kier molecular flexibility index (Phi) is 5.92. The molecular formula is C23H20FN5. The van der Waals surface area contributed by atoms with Gasteiger partial charge in [0.05, 0.1) is 0 Å². The van der Waals surface area contributed by atoms with Crippen LogP contribution in [0.1, 0.15) is 16.7 Å². The minimum absolute atomic E-state index is 0.229. The fourth-order valence-electron chi connectivity index (χ4n) is 3.08. The predicted molar refractivity (Wildman–Crippen MR) is 109 cm³/mol. The zero-order valence-corrected chi connectivity index (χ0v) is 15.8. The van der Waals surface area contributed by atoms with Gasteiger partial charge in [-0.3, -0.25) is 14.9 Å². The topological polar surface area (TPSA) is 54.8 Å². The van der Waals surface area contributed by atoms with Gasteiger partial charge in [0.2, 0.25) is 0 Å². The lowest BCUT2D eigenvalue weighted by molar-refractivity contribution is 0.247. The summed E-state index contributed by atoms with van der Waals surface area (Å²) in [4.78, 5) is 19.6. The molecule has 1 aromatic carbocycles. The first kappa shape index (κ1) is 18.8. The summed E-state index contributed by atoms with van der Waals surface area (Å²) >= 11 is 0. The number of rotatable bonds is 7. The van der Waals surface area contributed by atoms with E-state index < -0.39 is 0 Å². The first-order valence-corrected chi connectivity index (χ1v) is 9.34. The van der Waals surface area contributed by atoms with Crippen molar-refractivity contribution in [1.29, 1.82) is 0 Å². The van der Waals surface area contributed by atoms with Crippen LogP contribution in [0.25, 0.3) is 11.5 Å². The van der Waals surface area contributed by atoms with Crippen molar-refractivity contribution in [2.45, 2.75) is 19.6 Å². The Labute approximate surface area is 169 Å². The molecule has 0 saturated carbocycles. The van der Waals surface area contributed by atoms with Crippen LogP contribution in [0.5, 0.6) is 0 Å². The molecule has 6 heteroatoms. The molecule has 0 saturated heterocycles. The van der Waals surface area contributed by atoms with E-state index in [9.17, 15) is 4.39 Å². The lowest BCUT2D eigenvalue weighted by Gasteiger charge is -2.22. The van der Waals surface area contributed by atoms with Gasteiger partial charge in [-0.25, -0.2) is 14.4 Å². The zero-order chi connectivity index (χ0) is 19.9. The second-order valence-corrected chi connectivity index (χ2v) is 6.76. The van der Waals surface area contributed by atoms with Crippen molar-refractivity contribution in [2.75, 3.05) is 0 Å². The summed E-state index contributed by atoms with van der Waals surface area (Å²) in [5, 5.41) is 0. The van der Waals surface area contributed by atoms with E-state index in [1.54, 1.807) is 18.6 Å². The van der Waals surface area contributed by atoms with Gasteiger partial charge in [-0.2, -0.15) is 0 Å². The van der Waals surface area contributed by atoms with Gasteiger partial charge in [-0.05, 0) is 47.5 Å². The molecule has 0 fully saturated rings. The Balaban J connectivity index is 1.51. The third-order valence-electron chi connectivity index (χ3n) is 4.48. The minimum atomic E-state index is -0.229. The number of hydrogen-bond acceptors (Lipinski definition) is 5. The van der Waals surface area contributed by atoms with E-state index >= 15 is 0 Å². The van der Waals surface area contributed by atoms with Crippen LogP contribution in [0.4, 0.5) is 4.39 Å². The Morgan fingerprint density at radius 1 is 0.655 bits per heavy atom. The van der Waals surface area contributed by atoms with Crippen molar-refractivity contribution in [1.82, 2.24) is 24.8 Å². The van der Waals surface area contributed by atoms with Crippen LogP contribution in [0.2, 0.25) is 0 Å². The van der Waals surface area contributed by atoms with Gasteiger partial charge in [0.25, 0.3) is 0 Å². The maximum absolute atomic E-state index is 13.3.